The zero-order valence-corrected chi connectivity index (χ0v) is 11.2. The van der Waals surface area contributed by atoms with E-state index in [0.29, 0.717) is 10.8 Å². The maximum absolute atomic E-state index is 5.80. The monoisotopic (exact) mass is 350 g/mol. The summed E-state index contributed by atoms with van der Waals surface area (Å²) in [5.74, 6) is 0.921. The molecule has 0 atom stereocenters. The van der Waals surface area contributed by atoms with E-state index < -0.39 is 0 Å². The van der Waals surface area contributed by atoms with Gasteiger partial charge in [-0.1, -0.05) is 11.6 Å². The Bertz CT molecular complexity index is 492. The van der Waals surface area contributed by atoms with Crippen molar-refractivity contribution in [1.82, 2.24) is 14.8 Å². The van der Waals surface area contributed by atoms with E-state index in [1.807, 2.05) is 6.07 Å². The number of aromatic nitrogens is 3. The summed E-state index contributed by atoms with van der Waals surface area (Å²) in [4.78, 5) is 4.20. The van der Waals surface area contributed by atoms with Crippen molar-refractivity contribution < 1.29 is 0 Å². The Kier molecular flexibility index (Phi) is 2.99. The van der Waals surface area contributed by atoms with Crippen LogP contribution in [0.15, 0.2) is 27.4 Å². The first-order chi connectivity index (χ1) is 7.08. The normalized spacial score (nSPS) is 10.6. The minimum absolute atomic E-state index is 0.285. The molecule has 2 aromatic rings. The molecular formula is C8H5Br2ClN4. The largest absolute Gasteiger partial charge is 0.381 e. The predicted octanol–water partition coefficient (Wildman–Crippen LogP) is 3.03. The summed E-state index contributed by atoms with van der Waals surface area (Å²) < 4.78 is 3.20. The Balaban J connectivity index is 2.54. The van der Waals surface area contributed by atoms with E-state index in [0.717, 1.165) is 8.95 Å². The van der Waals surface area contributed by atoms with Crippen LogP contribution in [0.25, 0.3) is 5.82 Å². The summed E-state index contributed by atoms with van der Waals surface area (Å²) in [6.45, 7) is 0. The van der Waals surface area contributed by atoms with Gasteiger partial charge in [0.1, 0.15) is 5.02 Å². The summed E-state index contributed by atoms with van der Waals surface area (Å²) in [6.07, 6.45) is 3.28. The van der Waals surface area contributed by atoms with E-state index in [1.54, 1.807) is 12.4 Å². The van der Waals surface area contributed by atoms with Crippen molar-refractivity contribution in [1.29, 1.82) is 0 Å². The molecule has 15 heavy (non-hydrogen) atoms. The van der Waals surface area contributed by atoms with Gasteiger partial charge in [-0.05, 0) is 37.9 Å². The number of hydrogen-bond acceptors (Lipinski definition) is 3. The molecule has 0 unspecified atom stereocenters. The van der Waals surface area contributed by atoms with Crippen molar-refractivity contribution in [3.05, 3.63) is 32.4 Å². The molecule has 2 N–H and O–H groups in total. The third-order valence-electron chi connectivity index (χ3n) is 1.70. The second-order valence-electron chi connectivity index (χ2n) is 2.77. The predicted molar refractivity (Wildman–Crippen MR) is 66.2 cm³/mol. The Labute approximate surface area is 108 Å². The van der Waals surface area contributed by atoms with E-state index in [1.165, 1.54) is 4.68 Å². The highest BCUT2D eigenvalue weighted by Crippen LogP contribution is 2.24. The maximum Gasteiger partial charge on any atom is 0.167 e. The third-order valence-corrected chi connectivity index (χ3v) is 3.01. The molecule has 2 rings (SSSR count). The Hall–Kier alpha value is -0.590. The Morgan fingerprint density at radius 3 is 2.67 bits per heavy atom. The second-order valence-corrected chi connectivity index (χ2v) is 4.94. The zero-order valence-electron chi connectivity index (χ0n) is 7.28. The van der Waals surface area contributed by atoms with Crippen LogP contribution in [-0.2, 0) is 0 Å². The van der Waals surface area contributed by atoms with Gasteiger partial charge < -0.3 is 5.73 Å². The number of nitrogens with zero attached hydrogens (tertiary/aromatic N) is 3. The molecule has 2 aromatic heterocycles. The standard InChI is InChI=1S/C8H5Br2ClN4/c9-4-1-5(10)8(13-2-4)15-3-6(11)7(12)14-15/h1-3H,(H2,12,14). The number of halogens is 3. The molecule has 2 heterocycles. The lowest BCUT2D eigenvalue weighted by molar-refractivity contribution is 0.845. The average molecular weight is 352 g/mol. The highest BCUT2D eigenvalue weighted by molar-refractivity contribution is 9.11. The fraction of sp³-hybridized carbons (Fsp3) is 0. The van der Waals surface area contributed by atoms with Gasteiger partial charge in [0.25, 0.3) is 0 Å². The van der Waals surface area contributed by atoms with Crippen LogP contribution in [0.1, 0.15) is 0 Å². The summed E-state index contributed by atoms with van der Waals surface area (Å²) in [5.41, 5.74) is 5.54. The van der Waals surface area contributed by atoms with E-state index in [9.17, 15) is 0 Å². The lowest BCUT2D eigenvalue weighted by atomic mass is 10.5. The molecule has 0 fully saturated rings. The minimum atomic E-state index is 0.285. The zero-order chi connectivity index (χ0) is 11.0. The van der Waals surface area contributed by atoms with Crippen LogP contribution in [0.4, 0.5) is 5.82 Å². The number of anilines is 1. The number of pyridine rings is 1. The van der Waals surface area contributed by atoms with Crippen LogP contribution >= 0.6 is 43.5 Å². The third kappa shape index (κ3) is 2.16. The van der Waals surface area contributed by atoms with Gasteiger partial charge in [0.05, 0.1) is 10.7 Å². The molecule has 0 spiro atoms. The van der Waals surface area contributed by atoms with Crippen LogP contribution in [0.3, 0.4) is 0 Å². The number of nitrogens with two attached hydrogens (primary N) is 1. The van der Waals surface area contributed by atoms with E-state index in [2.05, 4.69) is 41.9 Å². The quantitative estimate of drug-likeness (QED) is 0.858. The van der Waals surface area contributed by atoms with Gasteiger partial charge in [-0.2, -0.15) is 0 Å². The molecule has 78 valence electrons. The van der Waals surface area contributed by atoms with Crippen LogP contribution in [0.5, 0.6) is 0 Å². The van der Waals surface area contributed by atoms with Gasteiger partial charge >= 0.3 is 0 Å². The van der Waals surface area contributed by atoms with Gasteiger partial charge in [0.15, 0.2) is 11.6 Å². The Morgan fingerprint density at radius 2 is 2.13 bits per heavy atom. The van der Waals surface area contributed by atoms with Crippen molar-refractivity contribution in [2.75, 3.05) is 5.73 Å². The summed E-state index contributed by atoms with van der Waals surface area (Å²) in [7, 11) is 0. The van der Waals surface area contributed by atoms with Crippen molar-refractivity contribution in [2.45, 2.75) is 0 Å². The van der Waals surface area contributed by atoms with Crippen molar-refractivity contribution in [3.8, 4) is 5.82 Å². The van der Waals surface area contributed by atoms with Gasteiger partial charge in [-0.25, -0.2) is 9.67 Å². The smallest absolute Gasteiger partial charge is 0.167 e. The SMILES string of the molecule is Nc1nn(-c2ncc(Br)cc2Br)cc1Cl. The van der Waals surface area contributed by atoms with Crippen molar-refractivity contribution in [3.63, 3.8) is 0 Å². The number of nitrogen functional groups attached to an aromatic ring is 1. The number of hydrogen-bond donors (Lipinski definition) is 1. The van der Waals surface area contributed by atoms with Gasteiger partial charge in [-0.3, -0.25) is 0 Å². The van der Waals surface area contributed by atoms with Gasteiger partial charge in [0, 0.05) is 10.7 Å². The van der Waals surface area contributed by atoms with Crippen LogP contribution in [0, 0.1) is 0 Å². The highest BCUT2D eigenvalue weighted by Gasteiger charge is 2.09. The second kappa shape index (κ2) is 4.11. The van der Waals surface area contributed by atoms with Crippen LogP contribution in [0.2, 0.25) is 5.02 Å². The average Bonchev–Trinajstić information content (AvgIpc) is 2.46. The molecule has 0 saturated heterocycles. The first kappa shape index (κ1) is 10.9. The fourth-order valence-corrected chi connectivity index (χ4v) is 2.35. The van der Waals surface area contributed by atoms with Gasteiger partial charge in [-0.15, -0.1) is 5.10 Å². The first-order valence-electron chi connectivity index (χ1n) is 3.90. The number of rotatable bonds is 1. The lowest BCUT2D eigenvalue weighted by Crippen LogP contribution is -2.00. The van der Waals surface area contributed by atoms with Crippen LogP contribution in [-0.4, -0.2) is 14.8 Å². The van der Waals surface area contributed by atoms with Gasteiger partial charge in [0.2, 0.25) is 0 Å². The molecule has 7 heteroatoms. The van der Waals surface area contributed by atoms with Crippen molar-refractivity contribution >= 4 is 49.3 Å². The highest BCUT2D eigenvalue weighted by atomic mass is 79.9. The van der Waals surface area contributed by atoms with Crippen LogP contribution < -0.4 is 5.73 Å². The van der Waals surface area contributed by atoms with E-state index in [4.69, 9.17) is 17.3 Å². The molecule has 0 bridgehead atoms. The molecule has 0 aliphatic rings. The van der Waals surface area contributed by atoms with E-state index >= 15 is 0 Å². The molecule has 0 amide bonds. The lowest BCUT2D eigenvalue weighted by Gasteiger charge is -2.02. The molecule has 0 radical (unpaired) electrons. The summed E-state index contributed by atoms with van der Waals surface area (Å²) in [5, 5.41) is 4.43. The molecule has 0 aliphatic heterocycles. The Morgan fingerprint density at radius 1 is 1.40 bits per heavy atom. The first-order valence-corrected chi connectivity index (χ1v) is 5.86. The fourth-order valence-electron chi connectivity index (χ4n) is 1.05. The topological polar surface area (TPSA) is 56.7 Å². The molecule has 0 aliphatic carbocycles. The maximum atomic E-state index is 5.80. The minimum Gasteiger partial charge on any atom is -0.381 e. The van der Waals surface area contributed by atoms with E-state index in [-0.39, 0.29) is 5.82 Å². The molecule has 0 saturated carbocycles. The molecule has 4 nitrogen and oxygen atoms in total. The molecular weight excluding hydrogens is 347 g/mol. The van der Waals surface area contributed by atoms with Crippen molar-refractivity contribution in [2.24, 2.45) is 0 Å². The molecule has 0 aromatic carbocycles. The summed E-state index contributed by atoms with van der Waals surface area (Å²) >= 11 is 12.5. The summed E-state index contributed by atoms with van der Waals surface area (Å²) in [6, 6.07) is 1.87.